The summed E-state index contributed by atoms with van der Waals surface area (Å²) >= 11 is 0. The van der Waals surface area contributed by atoms with E-state index in [9.17, 15) is 0 Å². The molecule has 0 spiro atoms. The molecular weight excluding hydrogens is 258 g/mol. The summed E-state index contributed by atoms with van der Waals surface area (Å²) in [5, 5.41) is 0. The maximum absolute atomic E-state index is 6.54. The Morgan fingerprint density at radius 1 is 1.14 bits per heavy atom. The van der Waals surface area contributed by atoms with Gasteiger partial charge in [-0.05, 0) is 57.2 Å². The average Bonchev–Trinajstić information content (AvgIpc) is 2.45. The lowest BCUT2D eigenvalue weighted by Gasteiger charge is -2.49. The molecule has 0 saturated carbocycles. The molecule has 1 aliphatic heterocycles. The molecule has 1 aromatic carbocycles. The maximum atomic E-state index is 6.54. The Bertz CT molecular complexity index is 541. The first-order chi connectivity index (χ1) is 9.88. The fraction of sp³-hybridized carbons (Fsp3) is 0.579. The normalized spacial score (nSPS) is 30.7. The van der Waals surface area contributed by atoms with Gasteiger partial charge < -0.3 is 9.64 Å². The highest BCUT2D eigenvalue weighted by atomic mass is 16.5. The Hall–Kier alpha value is -1.28. The van der Waals surface area contributed by atoms with Crippen LogP contribution in [0, 0.1) is 11.8 Å². The molecule has 21 heavy (non-hydrogen) atoms. The molecule has 2 aliphatic rings. The molecule has 1 fully saturated rings. The van der Waals surface area contributed by atoms with Gasteiger partial charge in [0.1, 0.15) is 0 Å². The van der Waals surface area contributed by atoms with Crippen molar-refractivity contribution in [1.82, 2.24) is 0 Å². The van der Waals surface area contributed by atoms with Crippen molar-refractivity contribution < 1.29 is 4.74 Å². The molecule has 1 heterocycles. The van der Waals surface area contributed by atoms with Gasteiger partial charge in [0.2, 0.25) is 0 Å². The quantitative estimate of drug-likeness (QED) is 0.738. The van der Waals surface area contributed by atoms with Crippen molar-refractivity contribution in [2.45, 2.75) is 45.3 Å². The Balaban J connectivity index is 1.92. The zero-order valence-corrected chi connectivity index (χ0v) is 13.9. The summed E-state index contributed by atoms with van der Waals surface area (Å²) in [5.74, 6) is 1.20. The maximum Gasteiger partial charge on any atom is 0.0897 e. The zero-order valence-electron chi connectivity index (χ0n) is 13.9. The molecule has 2 bridgehead atoms. The predicted octanol–water partition coefficient (Wildman–Crippen LogP) is 4.58. The summed E-state index contributed by atoms with van der Waals surface area (Å²) in [6.07, 6.45) is 5.06. The van der Waals surface area contributed by atoms with Crippen LogP contribution in [0.2, 0.25) is 0 Å². The van der Waals surface area contributed by atoms with E-state index in [1.165, 1.54) is 29.7 Å². The number of rotatable bonds is 2. The molecule has 2 nitrogen and oxygen atoms in total. The number of benzene rings is 1. The van der Waals surface area contributed by atoms with Crippen LogP contribution < -0.4 is 4.90 Å². The largest absolute Gasteiger partial charge is 0.378 e. The first-order valence-corrected chi connectivity index (χ1v) is 8.00. The van der Waals surface area contributed by atoms with E-state index in [0.717, 1.165) is 0 Å². The number of nitrogens with zero attached hydrogens (tertiary/aromatic N) is 1. The second-order valence-corrected chi connectivity index (χ2v) is 7.35. The van der Waals surface area contributed by atoms with E-state index < -0.39 is 0 Å². The van der Waals surface area contributed by atoms with Gasteiger partial charge in [-0.15, -0.1) is 0 Å². The standard InChI is InChI=1S/C19H27NO/c1-13-6-9-15-12-17(13)18(21-19(15,2)3)14-7-10-16(11-8-14)20(4)5/h6-8,10-11,15,17-18H,9,12H2,1-5H3/t15-,17-,18+/m0/s1. The van der Waals surface area contributed by atoms with E-state index in [1.807, 2.05) is 0 Å². The Morgan fingerprint density at radius 2 is 1.81 bits per heavy atom. The van der Waals surface area contributed by atoms with Crippen molar-refractivity contribution in [1.29, 1.82) is 0 Å². The van der Waals surface area contributed by atoms with Crippen molar-refractivity contribution in [2.24, 2.45) is 11.8 Å². The molecule has 0 amide bonds. The van der Waals surface area contributed by atoms with Crippen LogP contribution in [-0.2, 0) is 4.74 Å². The van der Waals surface area contributed by atoms with E-state index >= 15 is 0 Å². The first kappa shape index (κ1) is 14.6. The smallest absolute Gasteiger partial charge is 0.0897 e. The summed E-state index contributed by atoms with van der Waals surface area (Å²) in [6.45, 7) is 6.77. The Labute approximate surface area is 128 Å². The van der Waals surface area contributed by atoms with Crippen LogP contribution >= 0.6 is 0 Å². The third kappa shape index (κ3) is 2.62. The van der Waals surface area contributed by atoms with Crippen molar-refractivity contribution in [3.8, 4) is 0 Å². The van der Waals surface area contributed by atoms with Crippen LogP contribution in [0.5, 0.6) is 0 Å². The van der Waals surface area contributed by atoms with Crippen LogP contribution in [0.25, 0.3) is 0 Å². The summed E-state index contributed by atoms with van der Waals surface area (Å²) in [7, 11) is 4.15. The molecule has 0 unspecified atom stereocenters. The molecule has 1 saturated heterocycles. The van der Waals surface area contributed by atoms with Gasteiger partial charge in [-0.3, -0.25) is 0 Å². The molecule has 3 atom stereocenters. The Morgan fingerprint density at radius 3 is 2.43 bits per heavy atom. The second-order valence-electron chi connectivity index (χ2n) is 7.35. The van der Waals surface area contributed by atoms with E-state index in [4.69, 9.17) is 4.74 Å². The van der Waals surface area contributed by atoms with Crippen LogP contribution in [-0.4, -0.2) is 19.7 Å². The lowest BCUT2D eigenvalue weighted by atomic mass is 9.69. The minimum Gasteiger partial charge on any atom is -0.378 e. The van der Waals surface area contributed by atoms with Gasteiger partial charge in [0.15, 0.2) is 0 Å². The van der Waals surface area contributed by atoms with Crippen LogP contribution in [0.15, 0.2) is 35.9 Å². The van der Waals surface area contributed by atoms with Crippen LogP contribution in [0.4, 0.5) is 5.69 Å². The van der Waals surface area contributed by atoms with Crippen molar-refractivity contribution in [3.05, 3.63) is 41.5 Å². The van der Waals surface area contributed by atoms with Gasteiger partial charge in [-0.1, -0.05) is 23.8 Å². The van der Waals surface area contributed by atoms with E-state index in [2.05, 4.69) is 70.1 Å². The molecule has 114 valence electrons. The third-order valence-corrected chi connectivity index (χ3v) is 5.37. The molecule has 1 aliphatic carbocycles. The molecule has 0 N–H and O–H groups in total. The molecule has 1 aromatic rings. The minimum atomic E-state index is -0.0292. The summed E-state index contributed by atoms with van der Waals surface area (Å²) in [6, 6.07) is 8.86. The van der Waals surface area contributed by atoms with Gasteiger partial charge in [0.25, 0.3) is 0 Å². The lowest BCUT2D eigenvalue weighted by Crippen LogP contribution is -2.45. The average molecular weight is 285 g/mol. The number of fused-ring (bicyclic) bond motifs is 2. The van der Waals surface area contributed by atoms with Gasteiger partial charge >= 0.3 is 0 Å². The lowest BCUT2D eigenvalue weighted by molar-refractivity contribution is -0.166. The van der Waals surface area contributed by atoms with Gasteiger partial charge in [0.05, 0.1) is 11.7 Å². The van der Waals surface area contributed by atoms with E-state index in [-0.39, 0.29) is 11.7 Å². The summed E-state index contributed by atoms with van der Waals surface area (Å²) < 4.78 is 6.54. The number of ether oxygens (including phenoxy) is 1. The highest BCUT2D eigenvalue weighted by molar-refractivity contribution is 5.46. The van der Waals surface area contributed by atoms with Gasteiger partial charge in [-0.2, -0.15) is 0 Å². The Kier molecular flexibility index (Phi) is 3.61. The van der Waals surface area contributed by atoms with Gasteiger partial charge in [0, 0.05) is 25.7 Å². The topological polar surface area (TPSA) is 12.5 Å². The monoisotopic (exact) mass is 285 g/mol. The van der Waals surface area contributed by atoms with Crippen molar-refractivity contribution >= 4 is 5.69 Å². The minimum absolute atomic E-state index is 0.0292. The SMILES string of the molecule is CC1=CC[C@H]2C[C@@H]1[C@@H](c1ccc(N(C)C)cc1)OC2(C)C. The van der Waals surface area contributed by atoms with Crippen molar-refractivity contribution in [3.63, 3.8) is 0 Å². The fourth-order valence-corrected chi connectivity index (χ4v) is 3.77. The predicted molar refractivity (Wildman–Crippen MR) is 88.6 cm³/mol. The zero-order chi connectivity index (χ0) is 15.2. The van der Waals surface area contributed by atoms with E-state index in [0.29, 0.717) is 11.8 Å². The van der Waals surface area contributed by atoms with Gasteiger partial charge in [-0.25, -0.2) is 0 Å². The van der Waals surface area contributed by atoms with Crippen LogP contribution in [0.1, 0.15) is 45.3 Å². The third-order valence-electron chi connectivity index (χ3n) is 5.37. The molecule has 0 aromatic heterocycles. The fourth-order valence-electron chi connectivity index (χ4n) is 3.77. The molecule has 0 radical (unpaired) electrons. The molecular formula is C19H27NO. The summed E-state index contributed by atoms with van der Waals surface area (Å²) in [5.41, 5.74) is 4.02. The second kappa shape index (κ2) is 5.17. The number of hydrogen-bond acceptors (Lipinski definition) is 2. The van der Waals surface area contributed by atoms with E-state index in [1.54, 1.807) is 0 Å². The number of allylic oxidation sites excluding steroid dienone is 1. The molecule has 3 rings (SSSR count). The first-order valence-electron chi connectivity index (χ1n) is 8.00. The van der Waals surface area contributed by atoms with Crippen LogP contribution in [0.3, 0.4) is 0 Å². The molecule has 2 heteroatoms. The van der Waals surface area contributed by atoms with Crippen molar-refractivity contribution in [2.75, 3.05) is 19.0 Å². The highest BCUT2D eigenvalue weighted by Gasteiger charge is 2.45. The highest BCUT2D eigenvalue weighted by Crippen LogP contribution is 2.50. The number of hydrogen-bond donors (Lipinski definition) is 0. The summed E-state index contributed by atoms with van der Waals surface area (Å²) in [4.78, 5) is 2.14. The number of anilines is 1.